The van der Waals surface area contributed by atoms with Crippen LogP contribution >= 0.6 is 22.6 Å². The molecule has 2 aliphatic rings. The summed E-state index contributed by atoms with van der Waals surface area (Å²) in [6, 6.07) is 16.1. The second-order valence-corrected chi connectivity index (χ2v) is 10.0. The fraction of sp³-hybridized carbons (Fsp3) is 0.214. The van der Waals surface area contributed by atoms with Crippen molar-refractivity contribution >= 4 is 40.0 Å². The number of fused-ring (bicyclic) bond motifs is 2. The summed E-state index contributed by atoms with van der Waals surface area (Å²) in [5.41, 5.74) is 9.32. The zero-order chi connectivity index (χ0) is 24.3. The van der Waals surface area contributed by atoms with Crippen LogP contribution in [0.5, 0.6) is 0 Å². The maximum absolute atomic E-state index is 13.7. The zero-order valence-electron chi connectivity index (χ0n) is 19.7. The number of ketones is 1. The lowest BCUT2D eigenvalue weighted by Gasteiger charge is -2.29. The first-order valence-electron chi connectivity index (χ1n) is 11.1. The Morgan fingerprint density at radius 2 is 1.74 bits per heavy atom. The Bertz CT molecular complexity index is 1460. The molecule has 5 rings (SSSR count). The molecule has 2 aromatic carbocycles. The minimum Gasteiger partial charge on any atom is -0.466 e. The number of Topliss-reactive ketones (excluding diaryl/α,β-unsaturated/α-hetero) is 1. The van der Waals surface area contributed by atoms with E-state index in [1.165, 1.54) is 16.2 Å². The molecule has 1 atom stereocenters. The molecule has 1 aliphatic carbocycles. The van der Waals surface area contributed by atoms with Gasteiger partial charge in [0.25, 0.3) is 0 Å². The first-order valence-corrected chi connectivity index (χ1v) is 12.2. The standard InChI is InChI=1S/C28H25IN2O3/c1-14-12-18(10-11-22(14)29)31-15(2)13-21(17(31)4)24-23(28(33)34-5)16(3)30-26-19-8-6-7-9-20(19)27(32)25(24)26/h6-13,24,30H,1-5H3/t24-/m1/s1. The summed E-state index contributed by atoms with van der Waals surface area (Å²) in [6.07, 6.45) is 0. The van der Waals surface area contributed by atoms with Gasteiger partial charge in [0.05, 0.1) is 24.3 Å². The second-order valence-electron chi connectivity index (χ2n) is 8.85. The lowest BCUT2D eigenvalue weighted by Crippen LogP contribution is -2.29. The van der Waals surface area contributed by atoms with Gasteiger partial charge in [-0.25, -0.2) is 4.79 Å². The predicted molar refractivity (Wildman–Crippen MR) is 141 cm³/mol. The first kappa shape index (κ1) is 22.7. The molecule has 2 heterocycles. The number of rotatable bonds is 3. The number of methoxy groups -OCH3 is 1. The monoisotopic (exact) mass is 564 g/mol. The SMILES string of the molecule is COC(=O)C1=C(C)NC2=C(C(=O)c3ccccc32)[C@@H]1c1cc(C)n(-c2ccc(I)c(C)c2)c1C. The Kier molecular flexibility index (Phi) is 5.51. The average Bonchev–Trinajstić information content (AvgIpc) is 3.27. The minimum atomic E-state index is -0.520. The number of ether oxygens (including phenoxy) is 1. The van der Waals surface area contributed by atoms with Crippen molar-refractivity contribution < 1.29 is 14.3 Å². The van der Waals surface area contributed by atoms with E-state index in [2.05, 4.69) is 77.5 Å². The quantitative estimate of drug-likeness (QED) is 0.325. The molecular formula is C28H25IN2O3. The first-order chi connectivity index (χ1) is 16.2. The van der Waals surface area contributed by atoms with Crippen LogP contribution < -0.4 is 5.32 Å². The maximum Gasteiger partial charge on any atom is 0.336 e. The summed E-state index contributed by atoms with van der Waals surface area (Å²) < 4.78 is 8.58. The van der Waals surface area contributed by atoms with Crippen LogP contribution in [-0.2, 0) is 9.53 Å². The van der Waals surface area contributed by atoms with Gasteiger partial charge in [-0.15, -0.1) is 0 Å². The highest BCUT2D eigenvalue weighted by Gasteiger charge is 2.43. The molecule has 0 bridgehead atoms. The van der Waals surface area contributed by atoms with Gasteiger partial charge < -0.3 is 14.6 Å². The summed E-state index contributed by atoms with van der Waals surface area (Å²) >= 11 is 2.34. The number of nitrogens with one attached hydrogen (secondary N) is 1. The fourth-order valence-electron chi connectivity index (χ4n) is 5.27. The number of aromatic nitrogens is 1. The van der Waals surface area contributed by atoms with Crippen molar-refractivity contribution in [2.75, 3.05) is 7.11 Å². The van der Waals surface area contributed by atoms with E-state index in [-0.39, 0.29) is 5.78 Å². The summed E-state index contributed by atoms with van der Waals surface area (Å²) in [4.78, 5) is 26.7. The van der Waals surface area contributed by atoms with Crippen molar-refractivity contribution in [3.63, 3.8) is 0 Å². The molecule has 5 nitrogen and oxygen atoms in total. The molecule has 0 amide bonds. The number of carbonyl (C=O) groups excluding carboxylic acids is 2. The van der Waals surface area contributed by atoms with Crippen LogP contribution in [0.15, 0.2) is 65.4 Å². The van der Waals surface area contributed by atoms with E-state index in [1.54, 1.807) is 0 Å². The largest absolute Gasteiger partial charge is 0.466 e. The molecule has 0 saturated carbocycles. The Hall–Kier alpha value is -3.13. The van der Waals surface area contributed by atoms with E-state index in [9.17, 15) is 9.59 Å². The molecule has 172 valence electrons. The van der Waals surface area contributed by atoms with Gasteiger partial charge in [-0.05, 0) is 85.7 Å². The van der Waals surface area contributed by atoms with Crippen molar-refractivity contribution in [3.8, 4) is 5.69 Å². The van der Waals surface area contributed by atoms with Crippen LogP contribution in [0.25, 0.3) is 11.4 Å². The molecule has 0 unspecified atom stereocenters. The molecule has 3 aromatic rings. The van der Waals surface area contributed by atoms with E-state index >= 15 is 0 Å². The third-order valence-electron chi connectivity index (χ3n) is 6.84. The van der Waals surface area contributed by atoms with E-state index in [0.717, 1.165) is 33.9 Å². The number of allylic oxidation sites excluding steroid dienone is 2. The van der Waals surface area contributed by atoms with Gasteiger partial charge in [-0.3, -0.25) is 4.79 Å². The molecule has 0 spiro atoms. The van der Waals surface area contributed by atoms with Gasteiger partial charge >= 0.3 is 5.97 Å². The third kappa shape index (κ3) is 3.27. The second kappa shape index (κ2) is 8.27. The number of carbonyl (C=O) groups is 2. The molecule has 0 fully saturated rings. The molecule has 1 aromatic heterocycles. The number of benzene rings is 2. The summed E-state index contributed by atoms with van der Waals surface area (Å²) in [5, 5.41) is 3.35. The molecular weight excluding hydrogens is 539 g/mol. The van der Waals surface area contributed by atoms with E-state index < -0.39 is 11.9 Å². The molecule has 6 heteroatoms. The van der Waals surface area contributed by atoms with Crippen molar-refractivity contribution in [2.24, 2.45) is 0 Å². The van der Waals surface area contributed by atoms with Crippen molar-refractivity contribution in [2.45, 2.75) is 33.6 Å². The van der Waals surface area contributed by atoms with Crippen LogP contribution in [-0.4, -0.2) is 23.4 Å². The van der Waals surface area contributed by atoms with Crippen LogP contribution in [0.2, 0.25) is 0 Å². The number of nitrogens with zero attached hydrogens (tertiary/aromatic N) is 1. The van der Waals surface area contributed by atoms with E-state index in [1.807, 2.05) is 31.2 Å². The zero-order valence-corrected chi connectivity index (χ0v) is 21.9. The van der Waals surface area contributed by atoms with Gasteiger partial charge in [0, 0.05) is 43.0 Å². The number of halogens is 1. The van der Waals surface area contributed by atoms with Crippen LogP contribution in [0.4, 0.5) is 0 Å². The predicted octanol–water partition coefficient (Wildman–Crippen LogP) is 5.75. The molecule has 1 N–H and O–H groups in total. The minimum absolute atomic E-state index is 0.0492. The number of esters is 1. The summed E-state index contributed by atoms with van der Waals surface area (Å²) in [5.74, 6) is -0.999. The van der Waals surface area contributed by atoms with E-state index in [0.29, 0.717) is 22.4 Å². The lowest BCUT2D eigenvalue weighted by molar-refractivity contribution is -0.136. The van der Waals surface area contributed by atoms with Crippen LogP contribution in [0, 0.1) is 24.3 Å². The van der Waals surface area contributed by atoms with Gasteiger partial charge in [0.1, 0.15) is 0 Å². The topological polar surface area (TPSA) is 60.3 Å². The number of dihydropyridines is 1. The normalized spacial score (nSPS) is 17.0. The smallest absolute Gasteiger partial charge is 0.336 e. The summed E-state index contributed by atoms with van der Waals surface area (Å²) in [6.45, 7) is 8.07. The Labute approximate surface area is 212 Å². The third-order valence-corrected chi connectivity index (χ3v) is 8.05. The highest BCUT2D eigenvalue weighted by Crippen LogP contribution is 2.48. The number of aryl methyl sites for hydroxylation is 2. The van der Waals surface area contributed by atoms with Gasteiger partial charge in [0.15, 0.2) is 5.78 Å². The highest BCUT2D eigenvalue weighted by molar-refractivity contribution is 14.1. The molecule has 1 aliphatic heterocycles. The molecule has 0 radical (unpaired) electrons. The molecule has 34 heavy (non-hydrogen) atoms. The van der Waals surface area contributed by atoms with Gasteiger partial charge in [-0.2, -0.15) is 0 Å². The highest BCUT2D eigenvalue weighted by atomic mass is 127. The summed E-state index contributed by atoms with van der Waals surface area (Å²) in [7, 11) is 1.38. The number of hydrogen-bond donors (Lipinski definition) is 1. The Morgan fingerprint density at radius 1 is 1.03 bits per heavy atom. The number of hydrogen-bond acceptors (Lipinski definition) is 4. The lowest BCUT2D eigenvalue weighted by atomic mass is 9.79. The van der Waals surface area contributed by atoms with Crippen LogP contribution in [0.3, 0.4) is 0 Å². The van der Waals surface area contributed by atoms with Crippen molar-refractivity contribution in [3.05, 3.63) is 103 Å². The molecule has 0 saturated heterocycles. The maximum atomic E-state index is 13.7. The fourth-order valence-corrected chi connectivity index (χ4v) is 5.60. The van der Waals surface area contributed by atoms with Crippen molar-refractivity contribution in [1.82, 2.24) is 9.88 Å². The average molecular weight is 564 g/mol. The Balaban J connectivity index is 1.75. The van der Waals surface area contributed by atoms with Gasteiger partial charge in [-0.1, -0.05) is 24.3 Å². The van der Waals surface area contributed by atoms with E-state index in [4.69, 9.17) is 4.74 Å². The van der Waals surface area contributed by atoms with Gasteiger partial charge in [0.2, 0.25) is 0 Å². The van der Waals surface area contributed by atoms with Crippen molar-refractivity contribution in [1.29, 1.82) is 0 Å². The van der Waals surface area contributed by atoms with Crippen LogP contribution in [0.1, 0.15) is 51.3 Å². The Morgan fingerprint density at radius 3 is 2.41 bits per heavy atom.